The fourth-order valence-corrected chi connectivity index (χ4v) is 3.94. The lowest BCUT2D eigenvalue weighted by Crippen LogP contribution is -2.26. The molecular formula is C16H20BrN3. The molecule has 2 aromatic rings. The second-order valence-electron chi connectivity index (χ2n) is 5.30. The number of nitrogens with one attached hydrogen (secondary N) is 1. The molecule has 0 aliphatic heterocycles. The van der Waals surface area contributed by atoms with Gasteiger partial charge in [-0.05, 0) is 53.9 Å². The van der Waals surface area contributed by atoms with Crippen LogP contribution in [0, 0.1) is 0 Å². The van der Waals surface area contributed by atoms with Crippen LogP contribution in [0.15, 0.2) is 34.9 Å². The van der Waals surface area contributed by atoms with Crippen molar-refractivity contribution < 1.29 is 0 Å². The third-order valence-electron chi connectivity index (χ3n) is 4.32. The van der Waals surface area contributed by atoms with Gasteiger partial charge in [0, 0.05) is 12.5 Å². The van der Waals surface area contributed by atoms with Crippen molar-refractivity contribution in [2.24, 2.45) is 0 Å². The van der Waals surface area contributed by atoms with Crippen molar-refractivity contribution in [3.05, 3.63) is 51.8 Å². The standard InChI is InChI=1S/C16H20BrN3/c1-3-20-16(14(17)10-19-20)15(18-2)13-9-8-11-6-4-5-7-12(11)13/h4-7,10,13,15,18H,3,8-9H2,1-2H3. The van der Waals surface area contributed by atoms with E-state index in [0.717, 1.165) is 11.0 Å². The molecule has 106 valence electrons. The third kappa shape index (κ3) is 2.21. The number of likely N-dealkylation sites (N-methyl/N-ethyl adjacent to an activating group) is 1. The average molecular weight is 334 g/mol. The lowest BCUT2D eigenvalue weighted by Gasteiger charge is -2.25. The van der Waals surface area contributed by atoms with Crippen molar-refractivity contribution >= 4 is 15.9 Å². The van der Waals surface area contributed by atoms with Crippen LogP contribution in [-0.4, -0.2) is 16.8 Å². The molecule has 0 saturated heterocycles. The number of halogens is 1. The second-order valence-corrected chi connectivity index (χ2v) is 6.16. The number of fused-ring (bicyclic) bond motifs is 1. The van der Waals surface area contributed by atoms with Gasteiger partial charge < -0.3 is 5.32 Å². The summed E-state index contributed by atoms with van der Waals surface area (Å²) >= 11 is 3.66. The lowest BCUT2D eigenvalue weighted by molar-refractivity contribution is 0.436. The molecule has 3 rings (SSSR count). The summed E-state index contributed by atoms with van der Waals surface area (Å²) in [6.45, 7) is 3.03. The smallest absolute Gasteiger partial charge is 0.0701 e. The van der Waals surface area contributed by atoms with E-state index in [4.69, 9.17) is 0 Å². The summed E-state index contributed by atoms with van der Waals surface area (Å²) in [6, 6.07) is 9.12. The van der Waals surface area contributed by atoms with Crippen molar-refractivity contribution in [3.8, 4) is 0 Å². The van der Waals surface area contributed by atoms with Gasteiger partial charge in [-0.3, -0.25) is 4.68 Å². The van der Waals surface area contributed by atoms with E-state index in [-0.39, 0.29) is 0 Å². The van der Waals surface area contributed by atoms with Crippen LogP contribution in [-0.2, 0) is 13.0 Å². The van der Waals surface area contributed by atoms with Gasteiger partial charge in [-0.15, -0.1) is 0 Å². The highest BCUT2D eigenvalue weighted by Crippen LogP contribution is 2.42. The van der Waals surface area contributed by atoms with E-state index in [1.807, 2.05) is 13.2 Å². The van der Waals surface area contributed by atoms with Crippen molar-refractivity contribution in [1.29, 1.82) is 0 Å². The van der Waals surface area contributed by atoms with E-state index >= 15 is 0 Å². The van der Waals surface area contributed by atoms with Crippen LogP contribution >= 0.6 is 15.9 Å². The van der Waals surface area contributed by atoms with Gasteiger partial charge in [-0.1, -0.05) is 24.3 Å². The van der Waals surface area contributed by atoms with Gasteiger partial charge >= 0.3 is 0 Å². The van der Waals surface area contributed by atoms with Crippen LogP contribution in [0.3, 0.4) is 0 Å². The Morgan fingerprint density at radius 1 is 1.45 bits per heavy atom. The molecule has 1 aromatic heterocycles. The molecule has 1 aliphatic rings. The van der Waals surface area contributed by atoms with Crippen molar-refractivity contribution in [1.82, 2.24) is 15.1 Å². The van der Waals surface area contributed by atoms with Gasteiger partial charge in [-0.2, -0.15) is 5.10 Å². The molecule has 0 amide bonds. The third-order valence-corrected chi connectivity index (χ3v) is 4.93. The molecule has 0 spiro atoms. The normalized spacial score (nSPS) is 19.1. The zero-order valence-electron chi connectivity index (χ0n) is 11.9. The first-order valence-electron chi connectivity index (χ1n) is 7.22. The predicted molar refractivity (Wildman–Crippen MR) is 84.9 cm³/mol. The van der Waals surface area contributed by atoms with E-state index in [1.54, 1.807) is 0 Å². The molecule has 1 aliphatic carbocycles. The fourth-order valence-electron chi connectivity index (χ4n) is 3.40. The highest BCUT2D eigenvalue weighted by Gasteiger charge is 2.32. The van der Waals surface area contributed by atoms with Crippen LogP contribution in [0.2, 0.25) is 0 Å². The van der Waals surface area contributed by atoms with E-state index in [2.05, 4.69) is 62.2 Å². The Morgan fingerprint density at radius 3 is 3.00 bits per heavy atom. The number of aromatic nitrogens is 2. The largest absolute Gasteiger partial charge is 0.311 e. The molecule has 4 heteroatoms. The first-order valence-corrected chi connectivity index (χ1v) is 8.01. The summed E-state index contributed by atoms with van der Waals surface area (Å²) in [5, 5.41) is 7.97. The predicted octanol–water partition coefficient (Wildman–Crippen LogP) is 3.66. The number of rotatable bonds is 4. The molecule has 1 heterocycles. The quantitative estimate of drug-likeness (QED) is 0.925. The molecule has 1 aromatic carbocycles. The SMILES string of the molecule is CCn1ncc(Br)c1C(NC)C1CCc2ccccc21. The zero-order chi connectivity index (χ0) is 14.1. The molecule has 0 saturated carbocycles. The molecule has 0 fully saturated rings. The number of benzene rings is 1. The van der Waals surface area contributed by atoms with Gasteiger partial charge in [0.15, 0.2) is 0 Å². The van der Waals surface area contributed by atoms with Crippen LogP contribution in [0.5, 0.6) is 0 Å². The summed E-state index contributed by atoms with van der Waals surface area (Å²) in [5.74, 6) is 0.523. The molecule has 20 heavy (non-hydrogen) atoms. The second kappa shape index (κ2) is 5.70. The van der Waals surface area contributed by atoms with Crippen LogP contribution in [0.1, 0.15) is 42.1 Å². The highest BCUT2D eigenvalue weighted by molar-refractivity contribution is 9.10. The monoisotopic (exact) mass is 333 g/mol. The molecule has 3 nitrogen and oxygen atoms in total. The van der Waals surface area contributed by atoms with E-state index in [1.165, 1.54) is 29.7 Å². The van der Waals surface area contributed by atoms with Gasteiger partial charge in [0.05, 0.1) is 22.4 Å². The Morgan fingerprint density at radius 2 is 2.25 bits per heavy atom. The Balaban J connectivity index is 2.01. The molecule has 2 unspecified atom stereocenters. The summed E-state index contributed by atoms with van der Waals surface area (Å²) in [5.41, 5.74) is 4.25. The minimum atomic E-state index is 0.301. The number of nitrogens with zero attached hydrogens (tertiary/aromatic N) is 2. The number of hydrogen-bond donors (Lipinski definition) is 1. The topological polar surface area (TPSA) is 29.9 Å². The molecule has 1 N–H and O–H groups in total. The summed E-state index contributed by atoms with van der Waals surface area (Å²) < 4.78 is 3.19. The maximum atomic E-state index is 4.46. The van der Waals surface area contributed by atoms with Crippen LogP contribution < -0.4 is 5.32 Å². The summed E-state index contributed by atoms with van der Waals surface area (Å²) in [6.07, 6.45) is 4.28. The zero-order valence-corrected chi connectivity index (χ0v) is 13.5. The maximum absolute atomic E-state index is 4.46. The van der Waals surface area contributed by atoms with Gasteiger partial charge in [0.2, 0.25) is 0 Å². The summed E-state index contributed by atoms with van der Waals surface area (Å²) in [4.78, 5) is 0. The summed E-state index contributed by atoms with van der Waals surface area (Å²) in [7, 11) is 2.05. The molecule has 2 atom stereocenters. The molecular weight excluding hydrogens is 314 g/mol. The Bertz CT molecular complexity index is 606. The fraction of sp³-hybridized carbons (Fsp3) is 0.438. The Labute approximate surface area is 128 Å². The van der Waals surface area contributed by atoms with Crippen molar-refractivity contribution in [2.75, 3.05) is 7.05 Å². The molecule has 0 bridgehead atoms. The van der Waals surface area contributed by atoms with Crippen LogP contribution in [0.25, 0.3) is 0 Å². The van der Waals surface area contributed by atoms with E-state index in [9.17, 15) is 0 Å². The number of aryl methyl sites for hydroxylation is 2. The van der Waals surface area contributed by atoms with Crippen LogP contribution in [0.4, 0.5) is 0 Å². The Hall–Kier alpha value is -1.13. The lowest BCUT2D eigenvalue weighted by atomic mass is 9.91. The van der Waals surface area contributed by atoms with Gasteiger partial charge in [0.1, 0.15) is 0 Å². The maximum Gasteiger partial charge on any atom is 0.0701 e. The minimum absolute atomic E-state index is 0.301. The highest BCUT2D eigenvalue weighted by atomic mass is 79.9. The number of hydrogen-bond acceptors (Lipinski definition) is 2. The van der Waals surface area contributed by atoms with E-state index in [0.29, 0.717) is 12.0 Å². The minimum Gasteiger partial charge on any atom is -0.311 e. The van der Waals surface area contributed by atoms with Gasteiger partial charge in [-0.25, -0.2) is 0 Å². The van der Waals surface area contributed by atoms with E-state index < -0.39 is 0 Å². The average Bonchev–Trinajstić information content (AvgIpc) is 3.06. The van der Waals surface area contributed by atoms with Gasteiger partial charge in [0.25, 0.3) is 0 Å². The van der Waals surface area contributed by atoms with Crippen molar-refractivity contribution in [2.45, 2.75) is 38.3 Å². The first-order chi connectivity index (χ1) is 9.76. The van der Waals surface area contributed by atoms with Crippen molar-refractivity contribution in [3.63, 3.8) is 0 Å². The molecule has 0 radical (unpaired) electrons. The Kier molecular flexibility index (Phi) is 3.94. The first kappa shape index (κ1) is 13.8.